The monoisotopic (exact) mass is 379 g/mol. The second-order valence-electron chi connectivity index (χ2n) is 8.27. The van der Waals surface area contributed by atoms with E-state index in [-0.39, 0.29) is 5.91 Å². The fourth-order valence-corrected chi connectivity index (χ4v) is 4.04. The fourth-order valence-electron chi connectivity index (χ4n) is 4.04. The van der Waals surface area contributed by atoms with Gasteiger partial charge in [0, 0.05) is 44.2 Å². The second kappa shape index (κ2) is 8.27. The molecule has 1 saturated heterocycles. The largest absolute Gasteiger partial charge is 0.366 e. The van der Waals surface area contributed by atoms with Crippen LogP contribution in [-0.2, 0) is 19.4 Å². The Morgan fingerprint density at radius 3 is 2.86 bits per heavy atom. The summed E-state index contributed by atoms with van der Waals surface area (Å²) < 4.78 is 0. The van der Waals surface area contributed by atoms with E-state index in [0.717, 1.165) is 56.1 Å². The maximum atomic E-state index is 12.3. The van der Waals surface area contributed by atoms with Crippen LogP contribution in [0.4, 0.5) is 5.82 Å². The first-order chi connectivity index (χ1) is 13.6. The molecule has 2 aliphatic heterocycles. The van der Waals surface area contributed by atoms with Crippen molar-refractivity contribution < 1.29 is 4.79 Å². The minimum atomic E-state index is -0.0752. The number of aromatic nitrogens is 2. The highest BCUT2D eigenvalue weighted by molar-refractivity contribution is 5.96. The molecule has 4 rings (SSSR count). The van der Waals surface area contributed by atoms with E-state index < -0.39 is 0 Å². The maximum absolute atomic E-state index is 12.3. The van der Waals surface area contributed by atoms with Gasteiger partial charge in [-0.25, -0.2) is 9.97 Å². The molecule has 148 valence electrons. The Morgan fingerprint density at radius 2 is 2.07 bits per heavy atom. The van der Waals surface area contributed by atoms with E-state index in [1.807, 2.05) is 0 Å². The number of carbonyl (C=O) groups is 1. The number of benzene rings is 1. The van der Waals surface area contributed by atoms with Crippen LogP contribution in [0.2, 0.25) is 0 Å². The molecule has 0 radical (unpaired) electrons. The predicted octanol–water partition coefficient (Wildman–Crippen LogP) is 2.65. The standard InChI is InChI=1S/C22H29N5O/c1-15(2)12-19-25-20-18(8-10-23-22(20)28)21(26-19)24-17-9-11-27(14-17)13-16-6-4-3-5-7-16/h3-7,15,17H,8-14H2,1-2H3,(H,23,28)(H,24,25,26). The minimum Gasteiger partial charge on any atom is -0.366 e. The van der Waals surface area contributed by atoms with Crippen molar-refractivity contribution in [3.63, 3.8) is 0 Å². The third-order valence-electron chi connectivity index (χ3n) is 5.38. The molecule has 0 aliphatic carbocycles. The lowest BCUT2D eigenvalue weighted by molar-refractivity contribution is 0.0940. The van der Waals surface area contributed by atoms with E-state index in [1.165, 1.54) is 5.56 Å². The Kier molecular flexibility index (Phi) is 5.57. The molecule has 0 saturated carbocycles. The lowest BCUT2D eigenvalue weighted by Crippen LogP contribution is -2.35. The van der Waals surface area contributed by atoms with Crippen molar-refractivity contribution in [2.45, 2.75) is 45.7 Å². The Hall–Kier alpha value is -2.47. The quantitative estimate of drug-likeness (QED) is 0.807. The van der Waals surface area contributed by atoms with Crippen LogP contribution in [0.15, 0.2) is 30.3 Å². The van der Waals surface area contributed by atoms with Gasteiger partial charge in [0.15, 0.2) is 0 Å². The molecule has 2 N–H and O–H groups in total. The summed E-state index contributed by atoms with van der Waals surface area (Å²) in [6.07, 6.45) is 2.64. The third kappa shape index (κ3) is 4.33. The smallest absolute Gasteiger partial charge is 0.270 e. The van der Waals surface area contributed by atoms with Crippen LogP contribution in [0.5, 0.6) is 0 Å². The van der Waals surface area contributed by atoms with Crippen molar-refractivity contribution in [1.29, 1.82) is 0 Å². The number of anilines is 1. The zero-order valence-electron chi connectivity index (χ0n) is 16.7. The summed E-state index contributed by atoms with van der Waals surface area (Å²) >= 11 is 0. The van der Waals surface area contributed by atoms with Crippen LogP contribution in [0, 0.1) is 5.92 Å². The molecule has 1 aromatic carbocycles. The Morgan fingerprint density at radius 1 is 1.25 bits per heavy atom. The van der Waals surface area contributed by atoms with Crippen LogP contribution < -0.4 is 10.6 Å². The molecular formula is C22H29N5O. The van der Waals surface area contributed by atoms with Gasteiger partial charge >= 0.3 is 0 Å². The number of fused-ring (bicyclic) bond motifs is 1. The van der Waals surface area contributed by atoms with E-state index in [1.54, 1.807) is 0 Å². The number of nitrogens with one attached hydrogen (secondary N) is 2. The molecule has 2 aliphatic rings. The molecule has 3 heterocycles. The molecule has 0 bridgehead atoms. The van der Waals surface area contributed by atoms with Gasteiger partial charge in [-0.3, -0.25) is 9.69 Å². The molecule has 1 aromatic heterocycles. The average Bonchev–Trinajstić information content (AvgIpc) is 3.10. The van der Waals surface area contributed by atoms with Gasteiger partial charge in [-0.05, 0) is 24.3 Å². The number of carbonyl (C=O) groups excluding carboxylic acids is 1. The van der Waals surface area contributed by atoms with E-state index >= 15 is 0 Å². The van der Waals surface area contributed by atoms with E-state index in [0.29, 0.717) is 24.2 Å². The number of likely N-dealkylation sites (tertiary alicyclic amines) is 1. The normalized spacial score (nSPS) is 19.5. The van der Waals surface area contributed by atoms with E-state index in [9.17, 15) is 4.79 Å². The Bertz CT molecular complexity index is 836. The molecule has 1 fully saturated rings. The zero-order chi connectivity index (χ0) is 19.5. The van der Waals surface area contributed by atoms with Gasteiger partial charge in [0.2, 0.25) is 0 Å². The van der Waals surface area contributed by atoms with Crippen molar-refractivity contribution >= 4 is 11.7 Å². The number of hydrogen-bond acceptors (Lipinski definition) is 5. The maximum Gasteiger partial charge on any atom is 0.270 e. The van der Waals surface area contributed by atoms with Gasteiger partial charge in [-0.1, -0.05) is 44.2 Å². The molecule has 6 nitrogen and oxygen atoms in total. The summed E-state index contributed by atoms with van der Waals surface area (Å²) in [6.45, 7) is 7.97. The van der Waals surface area contributed by atoms with Gasteiger partial charge in [-0.15, -0.1) is 0 Å². The molecular weight excluding hydrogens is 350 g/mol. The molecule has 2 aromatic rings. The molecule has 0 spiro atoms. The number of amides is 1. The summed E-state index contributed by atoms with van der Waals surface area (Å²) in [5.41, 5.74) is 2.87. The third-order valence-corrected chi connectivity index (χ3v) is 5.38. The summed E-state index contributed by atoms with van der Waals surface area (Å²) in [7, 11) is 0. The van der Waals surface area contributed by atoms with Gasteiger partial charge in [0.05, 0.1) is 0 Å². The van der Waals surface area contributed by atoms with Gasteiger partial charge in [0.25, 0.3) is 5.91 Å². The Balaban J connectivity index is 1.49. The first-order valence-corrected chi connectivity index (χ1v) is 10.3. The molecule has 1 amide bonds. The zero-order valence-corrected chi connectivity index (χ0v) is 16.7. The Labute approximate surface area is 166 Å². The number of nitrogens with zero attached hydrogens (tertiary/aromatic N) is 3. The van der Waals surface area contributed by atoms with E-state index in [2.05, 4.69) is 64.7 Å². The highest BCUT2D eigenvalue weighted by Gasteiger charge is 2.27. The lowest BCUT2D eigenvalue weighted by atomic mass is 10.0. The number of hydrogen-bond donors (Lipinski definition) is 2. The summed E-state index contributed by atoms with van der Waals surface area (Å²) in [4.78, 5) is 24.2. The van der Waals surface area contributed by atoms with Crippen molar-refractivity contribution in [1.82, 2.24) is 20.2 Å². The van der Waals surface area contributed by atoms with E-state index in [4.69, 9.17) is 4.98 Å². The minimum absolute atomic E-state index is 0.0752. The second-order valence-corrected chi connectivity index (χ2v) is 8.27. The van der Waals surface area contributed by atoms with Crippen LogP contribution in [0.3, 0.4) is 0 Å². The predicted molar refractivity (Wildman–Crippen MR) is 110 cm³/mol. The summed E-state index contributed by atoms with van der Waals surface area (Å²) in [5, 5.41) is 6.55. The van der Waals surface area contributed by atoms with Gasteiger partial charge in [0.1, 0.15) is 17.3 Å². The molecule has 28 heavy (non-hydrogen) atoms. The van der Waals surface area contributed by atoms with Crippen molar-refractivity contribution in [3.05, 3.63) is 53.0 Å². The summed E-state index contributed by atoms with van der Waals surface area (Å²) in [5.74, 6) is 1.99. The fraction of sp³-hybridized carbons (Fsp3) is 0.500. The highest BCUT2D eigenvalue weighted by Crippen LogP contribution is 2.24. The summed E-state index contributed by atoms with van der Waals surface area (Å²) in [6, 6.07) is 10.9. The van der Waals surface area contributed by atoms with Crippen LogP contribution >= 0.6 is 0 Å². The highest BCUT2D eigenvalue weighted by atomic mass is 16.1. The van der Waals surface area contributed by atoms with Crippen LogP contribution in [0.25, 0.3) is 0 Å². The van der Waals surface area contributed by atoms with Crippen LogP contribution in [0.1, 0.15) is 47.7 Å². The molecule has 1 unspecified atom stereocenters. The van der Waals surface area contributed by atoms with Crippen LogP contribution in [-0.4, -0.2) is 46.5 Å². The average molecular weight is 380 g/mol. The topological polar surface area (TPSA) is 70.2 Å². The lowest BCUT2D eigenvalue weighted by Gasteiger charge is -2.23. The van der Waals surface area contributed by atoms with Gasteiger partial charge < -0.3 is 10.6 Å². The first kappa shape index (κ1) is 18.9. The molecule has 1 atom stereocenters. The number of rotatable bonds is 6. The molecule has 6 heteroatoms. The van der Waals surface area contributed by atoms with Crippen molar-refractivity contribution in [3.8, 4) is 0 Å². The van der Waals surface area contributed by atoms with Crippen molar-refractivity contribution in [2.24, 2.45) is 5.92 Å². The van der Waals surface area contributed by atoms with Crippen molar-refractivity contribution in [2.75, 3.05) is 25.0 Å². The SMILES string of the molecule is CC(C)Cc1nc(NC2CCN(Cc3ccccc3)C2)c2c(n1)C(=O)NCC2. The van der Waals surface area contributed by atoms with Gasteiger partial charge in [-0.2, -0.15) is 0 Å². The first-order valence-electron chi connectivity index (χ1n) is 10.3.